The molecule has 0 aromatic heterocycles. The molecule has 2 N–H and O–H groups in total. The zero-order valence-corrected chi connectivity index (χ0v) is 15.1. The first-order valence-corrected chi connectivity index (χ1v) is 9.00. The van der Waals surface area contributed by atoms with Gasteiger partial charge in [0.1, 0.15) is 6.11 Å². The fourth-order valence-electron chi connectivity index (χ4n) is 1.37. The quantitative estimate of drug-likeness (QED) is 0.284. The Morgan fingerprint density at radius 1 is 1.24 bits per heavy atom. The van der Waals surface area contributed by atoms with Crippen molar-refractivity contribution in [3.05, 3.63) is 17.9 Å². The van der Waals surface area contributed by atoms with Gasteiger partial charge in [-0.3, -0.25) is 14.2 Å². The minimum Gasteiger partial charge on any atom is -0.356 e. The number of nitrogens with one attached hydrogen (secondary N) is 1. The largest absolute Gasteiger partial charge is 0.535 e. The molecule has 0 fully saturated rings. The Balaban J connectivity index is 3.98. The Morgan fingerprint density at radius 2 is 1.96 bits per heavy atom. The van der Waals surface area contributed by atoms with E-state index in [-0.39, 0.29) is 19.4 Å². The summed E-state index contributed by atoms with van der Waals surface area (Å²) in [5, 5.41) is 2.69. The highest BCUT2D eigenvalue weighted by Gasteiger charge is 2.20. The standard InChI is InChI=1S/C18H22NO5P/c1-4-17(2)13-9-5-7-11-15-23-25(21,22)24-16-12-8-6-10-14-19-18(3)20/h1,6,8,10,12,14,16H2,2-3H3,(H,19,20)(H,21,22)/i2T. The molecule has 0 saturated carbocycles. The number of unbranched alkanes of at least 4 members (excludes halogenated alkanes) is 3. The molecular weight excluding hydrogens is 341 g/mol. The second-order valence-corrected chi connectivity index (χ2v) is 6.05. The van der Waals surface area contributed by atoms with Crippen LogP contribution in [0.25, 0.3) is 0 Å². The van der Waals surface area contributed by atoms with Gasteiger partial charge in [0, 0.05) is 32.3 Å². The molecule has 0 aliphatic rings. The number of phosphoric ester groups is 1. The van der Waals surface area contributed by atoms with E-state index in [4.69, 9.17) is 5.89 Å². The van der Waals surface area contributed by atoms with Crippen molar-refractivity contribution in [2.24, 2.45) is 0 Å². The van der Waals surface area contributed by atoms with Gasteiger partial charge in [-0.15, -0.1) is 5.73 Å². The van der Waals surface area contributed by atoms with Crippen molar-refractivity contribution in [2.75, 3.05) is 13.2 Å². The van der Waals surface area contributed by atoms with Gasteiger partial charge < -0.3 is 9.84 Å². The summed E-state index contributed by atoms with van der Waals surface area (Å²) < 4.78 is 27.8. The maximum Gasteiger partial charge on any atom is 0.535 e. The second kappa shape index (κ2) is 14.0. The van der Waals surface area contributed by atoms with Gasteiger partial charge in [-0.1, -0.05) is 19.4 Å². The molecule has 1 atom stereocenters. The molecule has 0 radical (unpaired) electrons. The fraction of sp³-hybridized carbons (Fsp3) is 0.444. The number of carbonyl (C=O) groups excluding carboxylic acids is 1. The summed E-state index contributed by atoms with van der Waals surface area (Å²) in [6, 6.07) is 0. The van der Waals surface area contributed by atoms with Crippen LogP contribution in [0.4, 0.5) is 0 Å². The van der Waals surface area contributed by atoms with Crippen LogP contribution in [0, 0.1) is 35.7 Å². The number of allylic oxidation sites excluding steroid dienone is 1. The lowest BCUT2D eigenvalue weighted by atomic mass is 10.2. The van der Waals surface area contributed by atoms with Crippen LogP contribution in [0.15, 0.2) is 17.9 Å². The van der Waals surface area contributed by atoms with Crippen molar-refractivity contribution >= 4 is 13.7 Å². The molecule has 0 bridgehead atoms. The number of rotatable bonds is 9. The van der Waals surface area contributed by atoms with Crippen molar-refractivity contribution in [1.29, 1.82) is 0 Å². The zero-order chi connectivity index (χ0) is 19.7. The molecule has 1 unspecified atom stereocenters. The van der Waals surface area contributed by atoms with E-state index in [0.29, 0.717) is 18.5 Å². The summed E-state index contributed by atoms with van der Waals surface area (Å²) in [5.74, 6) is 11.8. The van der Waals surface area contributed by atoms with Gasteiger partial charge in [0.15, 0.2) is 0 Å². The van der Waals surface area contributed by atoms with Gasteiger partial charge in [0.25, 0.3) is 0 Å². The van der Waals surface area contributed by atoms with Crippen LogP contribution in [-0.4, -0.2) is 24.0 Å². The zero-order valence-electron chi connectivity index (χ0n) is 15.2. The Hall–Kier alpha value is -2.38. The highest BCUT2D eigenvalue weighted by atomic mass is 31.2. The van der Waals surface area contributed by atoms with E-state index < -0.39 is 7.82 Å². The van der Waals surface area contributed by atoms with E-state index in [2.05, 4.69) is 51.8 Å². The van der Waals surface area contributed by atoms with Crippen LogP contribution in [-0.2, 0) is 18.4 Å². The first-order valence-electron chi connectivity index (χ1n) is 8.21. The number of hydrogen-bond donors (Lipinski definition) is 2. The summed E-state index contributed by atoms with van der Waals surface area (Å²) in [5.41, 5.74) is 2.90. The Morgan fingerprint density at radius 3 is 2.64 bits per heavy atom. The normalized spacial score (nSPS) is 11.5. The first-order chi connectivity index (χ1) is 12.4. The SMILES string of the molecule is [3H]CC(=C=C)C#CC#CC#COP(=O)(O)OCCCCCCNC(C)=O. The van der Waals surface area contributed by atoms with Crippen LogP contribution in [0.5, 0.6) is 0 Å². The molecule has 134 valence electrons. The molecule has 0 heterocycles. The lowest BCUT2D eigenvalue weighted by Crippen LogP contribution is -2.20. The van der Waals surface area contributed by atoms with E-state index in [0.717, 1.165) is 19.3 Å². The number of hydrogen-bond acceptors (Lipinski definition) is 4. The van der Waals surface area contributed by atoms with E-state index in [1.165, 1.54) is 6.92 Å². The number of phosphoric acid groups is 1. The molecule has 7 heteroatoms. The third-order valence-electron chi connectivity index (χ3n) is 2.53. The summed E-state index contributed by atoms with van der Waals surface area (Å²) in [7, 11) is -4.23. The minimum atomic E-state index is -4.23. The van der Waals surface area contributed by atoms with E-state index in [1.807, 2.05) is 6.11 Å². The Bertz CT molecular complexity index is 739. The lowest BCUT2D eigenvalue weighted by molar-refractivity contribution is -0.118. The molecule has 0 spiro atoms. The van der Waals surface area contributed by atoms with E-state index >= 15 is 0 Å². The average molecular weight is 365 g/mol. The Kier molecular flexibility index (Phi) is 11.6. The average Bonchev–Trinajstić information content (AvgIpc) is 2.59. The van der Waals surface area contributed by atoms with Gasteiger partial charge in [-0.05, 0) is 37.5 Å². The molecular formula is C18H22NO5P. The van der Waals surface area contributed by atoms with Crippen LogP contribution >= 0.6 is 7.82 Å². The topological polar surface area (TPSA) is 84.9 Å². The summed E-state index contributed by atoms with van der Waals surface area (Å²) in [4.78, 5) is 20.1. The highest BCUT2D eigenvalue weighted by Crippen LogP contribution is 2.42. The maximum atomic E-state index is 11.5. The molecule has 0 aromatic rings. The van der Waals surface area contributed by atoms with Crippen molar-refractivity contribution in [2.45, 2.75) is 39.5 Å². The predicted molar refractivity (Wildman–Crippen MR) is 95.7 cm³/mol. The van der Waals surface area contributed by atoms with E-state index in [9.17, 15) is 14.3 Å². The molecule has 0 aromatic carbocycles. The smallest absolute Gasteiger partial charge is 0.356 e. The Labute approximate surface area is 150 Å². The van der Waals surface area contributed by atoms with Crippen molar-refractivity contribution in [3.8, 4) is 35.7 Å². The molecule has 0 saturated heterocycles. The first kappa shape index (κ1) is 20.7. The summed E-state index contributed by atoms with van der Waals surface area (Å²) in [6.07, 6.45) is 5.08. The molecule has 25 heavy (non-hydrogen) atoms. The van der Waals surface area contributed by atoms with Gasteiger partial charge in [-0.2, -0.15) is 0 Å². The summed E-state index contributed by atoms with van der Waals surface area (Å²) in [6.45, 7) is 5.49. The third-order valence-corrected chi connectivity index (χ3v) is 3.36. The second-order valence-electron chi connectivity index (χ2n) is 4.67. The number of amides is 1. The molecule has 0 aliphatic heterocycles. The molecule has 0 rings (SSSR count). The van der Waals surface area contributed by atoms with Gasteiger partial charge in [-0.25, -0.2) is 4.57 Å². The fourth-order valence-corrected chi connectivity index (χ4v) is 1.94. The molecule has 6 nitrogen and oxygen atoms in total. The van der Waals surface area contributed by atoms with Crippen molar-refractivity contribution < 1.29 is 24.7 Å². The highest BCUT2D eigenvalue weighted by molar-refractivity contribution is 7.47. The molecule has 0 aliphatic carbocycles. The maximum absolute atomic E-state index is 11.5. The molecule has 1 amide bonds. The summed E-state index contributed by atoms with van der Waals surface area (Å²) >= 11 is 0. The van der Waals surface area contributed by atoms with Crippen LogP contribution in [0.2, 0.25) is 0 Å². The van der Waals surface area contributed by atoms with Gasteiger partial charge in [0.2, 0.25) is 5.91 Å². The van der Waals surface area contributed by atoms with Crippen LogP contribution in [0.1, 0.15) is 40.9 Å². The van der Waals surface area contributed by atoms with E-state index in [1.54, 1.807) is 0 Å². The van der Waals surface area contributed by atoms with Crippen molar-refractivity contribution in [3.63, 3.8) is 0 Å². The van der Waals surface area contributed by atoms with Crippen LogP contribution < -0.4 is 5.32 Å². The third kappa shape index (κ3) is 16.3. The minimum absolute atomic E-state index is 0.0344. The van der Waals surface area contributed by atoms with Gasteiger partial charge in [0.05, 0.1) is 6.61 Å². The van der Waals surface area contributed by atoms with Crippen LogP contribution in [0.3, 0.4) is 0 Å². The monoisotopic (exact) mass is 365 g/mol. The van der Waals surface area contributed by atoms with Gasteiger partial charge >= 0.3 is 7.82 Å². The van der Waals surface area contributed by atoms with Crippen molar-refractivity contribution in [1.82, 2.24) is 5.32 Å². The lowest BCUT2D eigenvalue weighted by Gasteiger charge is -2.08. The number of carbonyl (C=O) groups is 1. The predicted octanol–water partition coefficient (Wildman–Crippen LogP) is 2.52.